The van der Waals surface area contributed by atoms with Crippen LogP contribution < -0.4 is 5.73 Å². The zero-order valence-electron chi connectivity index (χ0n) is 9.45. The summed E-state index contributed by atoms with van der Waals surface area (Å²) < 4.78 is 5.52. The predicted octanol–water partition coefficient (Wildman–Crippen LogP) is 1.29. The third-order valence-corrected chi connectivity index (χ3v) is 4.23. The van der Waals surface area contributed by atoms with Crippen molar-refractivity contribution in [1.82, 2.24) is 0 Å². The molecule has 2 atom stereocenters. The third-order valence-electron chi connectivity index (χ3n) is 4.23. The zero-order valence-corrected chi connectivity index (χ0v) is 9.45. The molecule has 0 bridgehead atoms. The maximum atomic E-state index is 10.5. The van der Waals surface area contributed by atoms with Gasteiger partial charge in [0.15, 0.2) is 0 Å². The Labute approximate surface area is 92.0 Å². The van der Waals surface area contributed by atoms with Gasteiger partial charge in [-0.15, -0.1) is 0 Å². The smallest absolute Gasteiger partial charge is 0.0658 e. The van der Waals surface area contributed by atoms with E-state index in [-0.39, 0.29) is 11.5 Å². The number of aliphatic hydroxyl groups excluding tert-OH is 1. The summed E-state index contributed by atoms with van der Waals surface area (Å²) in [6.45, 7) is 2.05. The SMILES string of the molecule is NCC1(C(O)C2CCCC2)CCCOC1. The standard InChI is InChI=1S/C12H23NO2/c13-8-12(6-3-7-15-9-12)11(14)10-4-1-2-5-10/h10-11,14H,1-9,13H2. The molecular formula is C12H23NO2. The lowest BCUT2D eigenvalue weighted by Gasteiger charge is -2.42. The van der Waals surface area contributed by atoms with Crippen LogP contribution in [0.3, 0.4) is 0 Å². The highest BCUT2D eigenvalue weighted by Crippen LogP contribution is 2.40. The molecule has 1 aliphatic heterocycles. The van der Waals surface area contributed by atoms with E-state index in [1.807, 2.05) is 0 Å². The second-order valence-corrected chi connectivity index (χ2v) is 5.21. The molecule has 15 heavy (non-hydrogen) atoms. The van der Waals surface area contributed by atoms with Gasteiger partial charge in [-0.05, 0) is 31.6 Å². The van der Waals surface area contributed by atoms with E-state index in [0.717, 1.165) is 19.4 Å². The summed E-state index contributed by atoms with van der Waals surface area (Å²) in [4.78, 5) is 0. The average Bonchev–Trinajstić information content (AvgIpc) is 2.82. The minimum atomic E-state index is -0.245. The Morgan fingerprint density at radius 1 is 1.33 bits per heavy atom. The first kappa shape index (κ1) is 11.4. The molecule has 0 aromatic rings. The molecule has 1 aliphatic carbocycles. The fraction of sp³-hybridized carbons (Fsp3) is 1.00. The van der Waals surface area contributed by atoms with E-state index >= 15 is 0 Å². The van der Waals surface area contributed by atoms with Crippen molar-refractivity contribution < 1.29 is 9.84 Å². The van der Waals surface area contributed by atoms with Crippen LogP contribution in [0.2, 0.25) is 0 Å². The van der Waals surface area contributed by atoms with E-state index in [9.17, 15) is 5.11 Å². The maximum Gasteiger partial charge on any atom is 0.0658 e. The van der Waals surface area contributed by atoms with Crippen molar-refractivity contribution in [2.45, 2.75) is 44.6 Å². The molecule has 0 amide bonds. The van der Waals surface area contributed by atoms with E-state index in [1.165, 1.54) is 25.7 Å². The van der Waals surface area contributed by atoms with Crippen molar-refractivity contribution in [3.63, 3.8) is 0 Å². The summed E-state index contributed by atoms with van der Waals surface area (Å²) in [5.74, 6) is 0.468. The van der Waals surface area contributed by atoms with Crippen LogP contribution in [-0.2, 0) is 4.74 Å². The highest BCUT2D eigenvalue weighted by molar-refractivity contribution is 4.93. The molecule has 3 nitrogen and oxygen atoms in total. The summed E-state index contributed by atoms with van der Waals surface area (Å²) >= 11 is 0. The van der Waals surface area contributed by atoms with Crippen molar-refractivity contribution in [3.8, 4) is 0 Å². The molecule has 0 aromatic heterocycles. The Bertz CT molecular complexity index is 196. The summed E-state index contributed by atoms with van der Waals surface area (Å²) in [5.41, 5.74) is 5.72. The topological polar surface area (TPSA) is 55.5 Å². The lowest BCUT2D eigenvalue weighted by Crippen LogP contribution is -2.50. The molecule has 0 aromatic carbocycles. The van der Waals surface area contributed by atoms with Gasteiger partial charge < -0.3 is 15.6 Å². The largest absolute Gasteiger partial charge is 0.392 e. The van der Waals surface area contributed by atoms with Crippen LogP contribution in [0.15, 0.2) is 0 Å². The van der Waals surface area contributed by atoms with Crippen LogP contribution in [0.5, 0.6) is 0 Å². The summed E-state index contributed by atoms with van der Waals surface area (Å²) in [6.07, 6.45) is 6.70. The lowest BCUT2D eigenvalue weighted by molar-refractivity contribution is -0.0966. The maximum absolute atomic E-state index is 10.5. The van der Waals surface area contributed by atoms with Gasteiger partial charge in [-0.1, -0.05) is 12.8 Å². The van der Waals surface area contributed by atoms with Gasteiger partial charge in [0.1, 0.15) is 0 Å². The lowest BCUT2D eigenvalue weighted by atomic mass is 9.72. The zero-order chi connectivity index (χ0) is 10.7. The molecule has 2 rings (SSSR count). The van der Waals surface area contributed by atoms with Crippen molar-refractivity contribution in [3.05, 3.63) is 0 Å². The fourth-order valence-electron chi connectivity index (χ4n) is 3.16. The van der Waals surface area contributed by atoms with E-state index in [2.05, 4.69) is 0 Å². The van der Waals surface area contributed by atoms with E-state index in [0.29, 0.717) is 19.1 Å². The van der Waals surface area contributed by atoms with Gasteiger partial charge in [0.05, 0.1) is 12.7 Å². The third kappa shape index (κ3) is 2.19. The van der Waals surface area contributed by atoms with E-state index in [4.69, 9.17) is 10.5 Å². The first-order valence-corrected chi connectivity index (χ1v) is 6.24. The Kier molecular flexibility index (Phi) is 3.65. The molecule has 1 saturated carbocycles. The number of aliphatic hydroxyl groups is 1. The summed E-state index contributed by atoms with van der Waals surface area (Å²) in [5, 5.41) is 10.5. The van der Waals surface area contributed by atoms with Gasteiger partial charge >= 0.3 is 0 Å². The Morgan fingerprint density at radius 3 is 2.60 bits per heavy atom. The first-order chi connectivity index (χ1) is 7.28. The minimum absolute atomic E-state index is 0.146. The van der Waals surface area contributed by atoms with Crippen LogP contribution >= 0.6 is 0 Å². The van der Waals surface area contributed by atoms with Crippen molar-refractivity contribution >= 4 is 0 Å². The molecule has 2 fully saturated rings. The van der Waals surface area contributed by atoms with E-state index in [1.54, 1.807) is 0 Å². The van der Waals surface area contributed by atoms with Gasteiger partial charge in [-0.2, -0.15) is 0 Å². The van der Waals surface area contributed by atoms with Crippen molar-refractivity contribution in [2.75, 3.05) is 19.8 Å². The predicted molar refractivity (Wildman–Crippen MR) is 59.5 cm³/mol. The fourth-order valence-corrected chi connectivity index (χ4v) is 3.16. The van der Waals surface area contributed by atoms with Crippen LogP contribution in [-0.4, -0.2) is 31.0 Å². The Hall–Kier alpha value is -0.120. The molecule has 1 heterocycles. The van der Waals surface area contributed by atoms with Crippen LogP contribution in [0.25, 0.3) is 0 Å². The van der Waals surface area contributed by atoms with Crippen LogP contribution in [0, 0.1) is 11.3 Å². The molecule has 2 aliphatic rings. The number of rotatable bonds is 3. The van der Waals surface area contributed by atoms with Gasteiger partial charge in [0, 0.05) is 18.6 Å². The first-order valence-electron chi connectivity index (χ1n) is 6.24. The van der Waals surface area contributed by atoms with Gasteiger partial charge in [-0.3, -0.25) is 0 Å². The highest BCUT2D eigenvalue weighted by atomic mass is 16.5. The monoisotopic (exact) mass is 213 g/mol. The normalized spacial score (nSPS) is 35.6. The van der Waals surface area contributed by atoms with Gasteiger partial charge in [-0.25, -0.2) is 0 Å². The van der Waals surface area contributed by atoms with Crippen molar-refractivity contribution in [1.29, 1.82) is 0 Å². The second kappa shape index (κ2) is 4.81. The quantitative estimate of drug-likeness (QED) is 0.743. The molecule has 1 saturated heterocycles. The van der Waals surface area contributed by atoms with Gasteiger partial charge in [0.25, 0.3) is 0 Å². The Morgan fingerprint density at radius 2 is 2.07 bits per heavy atom. The van der Waals surface area contributed by atoms with Crippen LogP contribution in [0.4, 0.5) is 0 Å². The minimum Gasteiger partial charge on any atom is -0.392 e. The van der Waals surface area contributed by atoms with Gasteiger partial charge in [0.2, 0.25) is 0 Å². The van der Waals surface area contributed by atoms with Crippen LogP contribution in [0.1, 0.15) is 38.5 Å². The highest BCUT2D eigenvalue weighted by Gasteiger charge is 2.43. The molecule has 3 heteroatoms. The molecule has 88 valence electrons. The summed E-state index contributed by atoms with van der Waals surface area (Å²) in [6, 6.07) is 0. The average molecular weight is 213 g/mol. The van der Waals surface area contributed by atoms with Crippen molar-refractivity contribution in [2.24, 2.45) is 17.1 Å². The molecule has 0 radical (unpaired) electrons. The molecule has 3 N–H and O–H groups in total. The number of ether oxygens (including phenoxy) is 1. The number of hydrogen-bond acceptors (Lipinski definition) is 3. The molecule has 0 spiro atoms. The molecule has 2 unspecified atom stereocenters. The van der Waals surface area contributed by atoms with E-state index < -0.39 is 0 Å². The summed E-state index contributed by atoms with van der Waals surface area (Å²) in [7, 11) is 0. The molecular weight excluding hydrogens is 190 g/mol. The second-order valence-electron chi connectivity index (χ2n) is 5.21. The number of nitrogens with two attached hydrogens (primary N) is 1. The Balaban J connectivity index is 2.02. The number of hydrogen-bond donors (Lipinski definition) is 2.